The second kappa shape index (κ2) is 15.6. The van der Waals surface area contributed by atoms with Gasteiger partial charge in [-0.3, -0.25) is 9.89 Å². The lowest BCUT2D eigenvalue weighted by molar-refractivity contribution is 0.00395. The van der Waals surface area contributed by atoms with Gasteiger partial charge in [0.1, 0.15) is 0 Å². The first-order valence-electron chi connectivity index (χ1n) is 12.2. The van der Waals surface area contributed by atoms with Crippen molar-refractivity contribution in [2.24, 2.45) is 16.8 Å². The Kier molecular flexibility index (Phi) is 14.6. The Labute approximate surface area is 203 Å². The van der Waals surface area contributed by atoms with Crippen molar-refractivity contribution in [2.45, 2.75) is 72.4 Å². The molecule has 0 amide bonds. The van der Waals surface area contributed by atoms with Crippen LogP contribution in [0.1, 0.15) is 60.3 Å². The number of hydrogen-bond acceptors (Lipinski definition) is 4. The molecule has 2 atom stereocenters. The molecule has 0 radical (unpaired) electrons. The summed E-state index contributed by atoms with van der Waals surface area (Å²) in [4.78, 5) is 10.3. The van der Waals surface area contributed by atoms with Crippen molar-refractivity contribution in [1.82, 2.24) is 20.4 Å². The molecule has 0 aromatic rings. The van der Waals surface area contributed by atoms with Crippen LogP contribution in [-0.2, 0) is 4.74 Å². The number of aliphatic imine (C=N–C) groups is 1. The second-order valence-electron chi connectivity index (χ2n) is 8.99. The molecule has 2 unspecified atom stereocenters. The normalized spacial score (nSPS) is 22.8. The molecule has 2 aliphatic heterocycles. The number of halogens is 1. The number of piperidine rings is 1. The highest BCUT2D eigenvalue weighted by Gasteiger charge is 2.27. The van der Waals surface area contributed by atoms with E-state index in [2.05, 4.69) is 55.1 Å². The summed E-state index contributed by atoms with van der Waals surface area (Å²) in [5, 5.41) is 7.12. The summed E-state index contributed by atoms with van der Waals surface area (Å²) in [6.07, 6.45) is 5.06. The molecule has 0 aromatic carbocycles. The third-order valence-electron chi connectivity index (χ3n) is 6.73. The topological polar surface area (TPSA) is 52.1 Å². The Hall–Kier alpha value is -0.120. The molecule has 7 heteroatoms. The molecule has 0 aliphatic carbocycles. The first-order chi connectivity index (χ1) is 14.1. The SMILES string of the molecule is CCNC(=NCC(C(CC)CC)N1CCOCC1)NCC1CCCN(C(C)C)C1.I. The van der Waals surface area contributed by atoms with Crippen molar-refractivity contribution in [3.05, 3.63) is 0 Å². The van der Waals surface area contributed by atoms with E-state index in [0.29, 0.717) is 23.9 Å². The molecule has 2 rings (SSSR count). The number of rotatable bonds is 10. The van der Waals surface area contributed by atoms with Gasteiger partial charge in [0, 0.05) is 44.8 Å². The van der Waals surface area contributed by atoms with E-state index in [0.717, 1.165) is 51.9 Å². The number of morpholine rings is 1. The van der Waals surface area contributed by atoms with Gasteiger partial charge in [-0.05, 0) is 52.0 Å². The van der Waals surface area contributed by atoms with Gasteiger partial charge in [-0.25, -0.2) is 0 Å². The standard InChI is InChI=1S/C23H47N5O.HI/c1-6-21(7-2)22(27-12-14-29-15-13-27)17-26-23(24-8-3)25-16-20-10-9-11-28(18-20)19(4)5;/h19-22H,6-18H2,1-5H3,(H2,24,25,26);1H. The van der Waals surface area contributed by atoms with Gasteiger partial charge in [0.2, 0.25) is 0 Å². The van der Waals surface area contributed by atoms with Crippen LogP contribution in [0.3, 0.4) is 0 Å². The highest BCUT2D eigenvalue weighted by molar-refractivity contribution is 14.0. The molecule has 0 aromatic heterocycles. The van der Waals surface area contributed by atoms with Crippen LogP contribution in [0.25, 0.3) is 0 Å². The van der Waals surface area contributed by atoms with E-state index in [-0.39, 0.29) is 24.0 Å². The van der Waals surface area contributed by atoms with E-state index in [1.165, 1.54) is 38.8 Å². The largest absolute Gasteiger partial charge is 0.379 e. The van der Waals surface area contributed by atoms with Crippen LogP contribution in [0.2, 0.25) is 0 Å². The highest BCUT2D eigenvalue weighted by Crippen LogP contribution is 2.21. The lowest BCUT2D eigenvalue weighted by Gasteiger charge is -2.38. The number of ether oxygens (including phenoxy) is 1. The van der Waals surface area contributed by atoms with Crippen molar-refractivity contribution in [3.63, 3.8) is 0 Å². The van der Waals surface area contributed by atoms with Crippen molar-refractivity contribution < 1.29 is 4.74 Å². The quantitative estimate of drug-likeness (QED) is 0.254. The number of guanidine groups is 1. The summed E-state index contributed by atoms with van der Waals surface area (Å²) in [5.41, 5.74) is 0. The number of likely N-dealkylation sites (tertiary alicyclic amines) is 1. The molecular weight excluding hydrogens is 489 g/mol. The predicted molar refractivity (Wildman–Crippen MR) is 139 cm³/mol. The zero-order chi connectivity index (χ0) is 21.1. The Morgan fingerprint density at radius 3 is 2.33 bits per heavy atom. The van der Waals surface area contributed by atoms with E-state index in [4.69, 9.17) is 9.73 Å². The summed E-state index contributed by atoms with van der Waals surface area (Å²) >= 11 is 0. The molecule has 2 saturated heterocycles. The first-order valence-corrected chi connectivity index (χ1v) is 12.2. The monoisotopic (exact) mass is 537 g/mol. The Morgan fingerprint density at radius 1 is 1.03 bits per heavy atom. The number of nitrogens with zero attached hydrogens (tertiary/aromatic N) is 3. The average Bonchev–Trinajstić information content (AvgIpc) is 2.75. The van der Waals surface area contributed by atoms with E-state index in [1.807, 2.05) is 0 Å². The van der Waals surface area contributed by atoms with Crippen molar-refractivity contribution in [2.75, 3.05) is 59.0 Å². The highest BCUT2D eigenvalue weighted by atomic mass is 127. The van der Waals surface area contributed by atoms with Crippen LogP contribution >= 0.6 is 24.0 Å². The molecule has 2 aliphatic rings. The van der Waals surface area contributed by atoms with Gasteiger partial charge in [0.15, 0.2) is 5.96 Å². The minimum Gasteiger partial charge on any atom is -0.379 e. The van der Waals surface area contributed by atoms with E-state index in [9.17, 15) is 0 Å². The first kappa shape index (κ1) is 27.9. The fourth-order valence-electron chi connectivity index (χ4n) is 4.81. The van der Waals surface area contributed by atoms with E-state index >= 15 is 0 Å². The number of hydrogen-bond donors (Lipinski definition) is 2. The lowest BCUT2D eigenvalue weighted by atomic mass is 9.92. The van der Waals surface area contributed by atoms with Crippen LogP contribution in [-0.4, -0.2) is 86.9 Å². The number of nitrogens with one attached hydrogen (secondary N) is 2. The van der Waals surface area contributed by atoms with Crippen molar-refractivity contribution >= 4 is 29.9 Å². The Balaban J connectivity index is 0.00000450. The smallest absolute Gasteiger partial charge is 0.191 e. The molecule has 0 bridgehead atoms. The fourth-order valence-corrected chi connectivity index (χ4v) is 4.81. The maximum atomic E-state index is 5.59. The van der Waals surface area contributed by atoms with Crippen LogP contribution in [0.15, 0.2) is 4.99 Å². The minimum atomic E-state index is 0. The lowest BCUT2D eigenvalue weighted by Crippen LogP contribution is -2.49. The minimum absolute atomic E-state index is 0. The van der Waals surface area contributed by atoms with Gasteiger partial charge in [0.25, 0.3) is 0 Å². The second-order valence-corrected chi connectivity index (χ2v) is 8.99. The van der Waals surface area contributed by atoms with Gasteiger partial charge in [-0.15, -0.1) is 24.0 Å². The molecular formula is C23H48IN5O. The van der Waals surface area contributed by atoms with E-state index < -0.39 is 0 Å². The Bertz CT molecular complexity index is 467. The zero-order valence-electron chi connectivity index (χ0n) is 20.2. The third-order valence-corrected chi connectivity index (χ3v) is 6.73. The molecule has 6 nitrogen and oxygen atoms in total. The third kappa shape index (κ3) is 9.17. The van der Waals surface area contributed by atoms with E-state index in [1.54, 1.807) is 0 Å². The summed E-state index contributed by atoms with van der Waals surface area (Å²) in [7, 11) is 0. The van der Waals surface area contributed by atoms with Gasteiger partial charge >= 0.3 is 0 Å². The molecule has 2 heterocycles. The summed E-state index contributed by atoms with van der Waals surface area (Å²) in [5.74, 6) is 2.39. The van der Waals surface area contributed by atoms with Crippen LogP contribution in [0, 0.1) is 11.8 Å². The maximum absolute atomic E-state index is 5.59. The van der Waals surface area contributed by atoms with Crippen LogP contribution < -0.4 is 10.6 Å². The van der Waals surface area contributed by atoms with Gasteiger partial charge < -0.3 is 20.3 Å². The van der Waals surface area contributed by atoms with Crippen molar-refractivity contribution in [1.29, 1.82) is 0 Å². The van der Waals surface area contributed by atoms with Crippen LogP contribution in [0.5, 0.6) is 0 Å². The molecule has 178 valence electrons. The van der Waals surface area contributed by atoms with Crippen molar-refractivity contribution in [3.8, 4) is 0 Å². The summed E-state index contributed by atoms with van der Waals surface area (Å²) < 4.78 is 5.59. The predicted octanol–water partition coefficient (Wildman–Crippen LogP) is 3.42. The van der Waals surface area contributed by atoms with Gasteiger partial charge in [0.05, 0.1) is 19.8 Å². The molecule has 30 heavy (non-hydrogen) atoms. The Morgan fingerprint density at radius 2 is 1.73 bits per heavy atom. The summed E-state index contributed by atoms with van der Waals surface area (Å²) in [6, 6.07) is 1.16. The summed E-state index contributed by atoms with van der Waals surface area (Å²) in [6.45, 7) is 20.4. The maximum Gasteiger partial charge on any atom is 0.191 e. The van der Waals surface area contributed by atoms with Crippen LogP contribution in [0.4, 0.5) is 0 Å². The molecule has 2 fully saturated rings. The molecule has 2 N–H and O–H groups in total. The average molecular weight is 538 g/mol. The van der Waals surface area contributed by atoms with Gasteiger partial charge in [-0.1, -0.05) is 26.7 Å². The fraction of sp³-hybridized carbons (Fsp3) is 0.957. The molecule has 0 spiro atoms. The zero-order valence-corrected chi connectivity index (χ0v) is 22.5. The van der Waals surface area contributed by atoms with Gasteiger partial charge in [-0.2, -0.15) is 0 Å². The molecule has 0 saturated carbocycles.